The highest BCUT2D eigenvalue weighted by molar-refractivity contribution is 6.09. The number of rotatable bonds is 6. The minimum atomic E-state index is -0.401. The molecule has 0 atom stereocenters. The van der Waals surface area contributed by atoms with Gasteiger partial charge in [0.2, 0.25) is 0 Å². The van der Waals surface area contributed by atoms with Crippen LogP contribution in [-0.2, 0) is 9.53 Å². The van der Waals surface area contributed by atoms with Gasteiger partial charge in [0, 0.05) is 37.3 Å². The minimum absolute atomic E-state index is 0.134. The van der Waals surface area contributed by atoms with Crippen LogP contribution < -0.4 is 4.74 Å². The SMILES string of the molecule is CCOC(=O)N1CCN(C(=O)COc2ccc(C(=O)c3ccc(F)cc3)cc2)CC1. The van der Waals surface area contributed by atoms with Crippen LogP contribution in [0.3, 0.4) is 0 Å². The summed E-state index contributed by atoms with van der Waals surface area (Å²) in [5, 5.41) is 0. The van der Waals surface area contributed by atoms with Crippen LogP contribution in [-0.4, -0.2) is 67.0 Å². The van der Waals surface area contributed by atoms with E-state index in [0.717, 1.165) is 0 Å². The average molecular weight is 414 g/mol. The first-order chi connectivity index (χ1) is 14.5. The highest BCUT2D eigenvalue weighted by Gasteiger charge is 2.25. The van der Waals surface area contributed by atoms with Crippen molar-refractivity contribution in [2.24, 2.45) is 0 Å². The molecule has 3 rings (SSSR count). The molecule has 1 heterocycles. The number of carbonyl (C=O) groups excluding carboxylic acids is 3. The summed E-state index contributed by atoms with van der Waals surface area (Å²) in [4.78, 5) is 39.7. The molecule has 1 aliphatic rings. The fourth-order valence-electron chi connectivity index (χ4n) is 3.06. The van der Waals surface area contributed by atoms with E-state index in [1.807, 2.05) is 0 Å². The fourth-order valence-corrected chi connectivity index (χ4v) is 3.06. The van der Waals surface area contributed by atoms with Crippen LogP contribution in [0.2, 0.25) is 0 Å². The van der Waals surface area contributed by atoms with E-state index in [1.165, 1.54) is 24.3 Å². The van der Waals surface area contributed by atoms with Crippen molar-refractivity contribution < 1.29 is 28.2 Å². The summed E-state index contributed by atoms with van der Waals surface area (Å²) in [6.45, 7) is 3.62. The van der Waals surface area contributed by atoms with E-state index < -0.39 is 5.82 Å². The number of benzene rings is 2. The van der Waals surface area contributed by atoms with Crippen LogP contribution in [0.1, 0.15) is 22.8 Å². The highest BCUT2D eigenvalue weighted by atomic mass is 19.1. The molecule has 0 N–H and O–H groups in total. The summed E-state index contributed by atoms with van der Waals surface area (Å²) in [5.74, 6) is -0.339. The van der Waals surface area contributed by atoms with Gasteiger partial charge < -0.3 is 19.3 Å². The van der Waals surface area contributed by atoms with Crippen molar-refractivity contribution in [1.82, 2.24) is 9.80 Å². The largest absolute Gasteiger partial charge is 0.484 e. The van der Waals surface area contributed by atoms with Crippen LogP contribution in [0.15, 0.2) is 48.5 Å². The van der Waals surface area contributed by atoms with Gasteiger partial charge in [-0.15, -0.1) is 0 Å². The summed E-state index contributed by atoms with van der Waals surface area (Å²) < 4.78 is 23.5. The topological polar surface area (TPSA) is 76.2 Å². The highest BCUT2D eigenvalue weighted by Crippen LogP contribution is 2.16. The maximum atomic E-state index is 13.0. The van der Waals surface area contributed by atoms with Crippen molar-refractivity contribution in [3.8, 4) is 5.75 Å². The van der Waals surface area contributed by atoms with Crippen LogP contribution in [0.5, 0.6) is 5.75 Å². The minimum Gasteiger partial charge on any atom is -0.484 e. The van der Waals surface area contributed by atoms with Crippen LogP contribution in [0.4, 0.5) is 9.18 Å². The van der Waals surface area contributed by atoms with Gasteiger partial charge >= 0.3 is 6.09 Å². The van der Waals surface area contributed by atoms with E-state index in [0.29, 0.717) is 49.7 Å². The second-order valence-corrected chi connectivity index (χ2v) is 6.72. The molecule has 7 nitrogen and oxygen atoms in total. The van der Waals surface area contributed by atoms with Crippen molar-refractivity contribution >= 4 is 17.8 Å². The lowest BCUT2D eigenvalue weighted by Gasteiger charge is -2.33. The van der Waals surface area contributed by atoms with Crippen LogP contribution in [0, 0.1) is 5.82 Å². The second-order valence-electron chi connectivity index (χ2n) is 6.72. The van der Waals surface area contributed by atoms with E-state index in [-0.39, 0.29) is 24.4 Å². The predicted molar refractivity (Wildman–Crippen MR) is 107 cm³/mol. The Kier molecular flexibility index (Phi) is 7.00. The Bertz CT molecular complexity index is 891. The normalized spacial score (nSPS) is 13.7. The Morgan fingerprint density at radius 1 is 0.867 bits per heavy atom. The zero-order chi connectivity index (χ0) is 21.5. The Morgan fingerprint density at radius 3 is 1.97 bits per heavy atom. The van der Waals surface area contributed by atoms with Gasteiger partial charge in [0.25, 0.3) is 5.91 Å². The lowest BCUT2D eigenvalue weighted by molar-refractivity contribution is -0.134. The number of ketones is 1. The zero-order valence-corrected chi connectivity index (χ0v) is 16.7. The summed E-state index contributed by atoms with van der Waals surface area (Å²) in [6.07, 6.45) is -0.365. The van der Waals surface area contributed by atoms with Gasteiger partial charge in [0.05, 0.1) is 6.61 Å². The number of amides is 2. The smallest absolute Gasteiger partial charge is 0.409 e. The lowest BCUT2D eigenvalue weighted by Crippen LogP contribution is -2.51. The first kappa shape index (κ1) is 21.3. The van der Waals surface area contributed by atoms with Gasteiger partial charge in [-0.3, -0.25) is 9.59 Å². The molecule has 0 aromatic heterocycles. The Morgan fingerprint density at radius 2 is 1.40 bits per heavy atom. The fraction of sp³-hybridized carbons (Fsp3) is 0.318. The Balaban J connectivity index is 1.48. The molecular weight excluding hydrogens is 391 g/mol. The lowest BCUT2D eigenvalue weighted by atomic mass is 10.0. The standard InChI is InChI=1S/C22H23FN2O5/c1-2-29-22(28)25-13-11-24(12-14-25)20(26)15-30-19-9-5-17(6-10-19)21(27)16-3-7-18(23)8-4-16/h3-10H,2,11-15H2,1H3. The summed E-state index contributed by atoms with van der Waals surface area (Å²) in [7, 11) is 0. The van der Waals surface area contributed by atoms with Crippen molar-refractivity contribution in [1.29, 1.82) is 0 Å². The third kappa shape index (κ3) is 5.34. The molecule has 1 aliphatic heterocycles. The van der Waals surface area contributed by atoms with Crippen molar-refractivity contribution in [2.45, 2.75) is 6.92 Å². The number of halogens is 1. The average Bonchev–Trinajstić information content (AvgIpc) is 2.78. The molecule has 0 radical (unpaired) electrons. The molecule has 2 amide bonds. The maximum Gasteiger partial charge on any atom is 0.409 e. The molecule has 30 heavy (non-hydrogen) atoms. The first-order valence-corrected chi connectivity index (χ1v) is 9.70. The number of hydrogen-bond donors (Lipinski definition) is 0. The number of carbonyl (C=O) groups is 3. The van der Waals surface area contributed by atoms with Crippen molar-refractivity contribution in [3.05, 3.63) is 65.5 Å². The molecule has 158 valence electrons. The number of piperazine rings is 1. The molecule has 0 saturated carbocycles. The molecule has 0 spiro atoms. The van der Waals surface area contributed by atoms with Gasteiger partial charge in [0.15, 0.2) is 12.4 Å². The summed E-state index contributed by atoms with van der Waals surface area (Å²) >= 11 is 0. The van der Waals surface area contributed by atoms with Crippen molar-refractivity contribution in [2.75, 3.05) is 39.4 Å². The quantitative estimate of drug-likeness (QED) is 0.680. The molecule has 1 fully saturated rings. The first-order valence-electron chi connectivity index (χ1n) is 9.70. The Labute approximate surface area is 174 Å². The van der Waals surface area contributed by atoms with Gasteiger partial charge in [-0.05, 0) is 55.5 Å². The van der Waals surface area contributed by atoms with Gasteiger partial charge in [0.1, 0.15) is 11.6 Å². The third-order valence-corrected chi connectivity index (χ3v) is 4.74. The van der Waals surface area contributed by atoms with Crippen LogP contribution in [0.25, 0.3) is 0 Å². The predicted octanol–water partition coefficient (Wildman–Crippen LogP) is 2.74. The van der Waals surface area contributed by atoms with Crippen molar-refractivity contribution in [3.63, 3.8) is 0 Å². The molecule has 1 saturated heterocycles. The van der Waals surface area contributed by atoms with E-state index in [4.69, 9.17) is 9.47 Å². The molecular formula is C22H23FN2O5. The maximum absolute atomic E-state index is 13.0. The molecule has 2 aromatic carbocycles. The zero-order valence-electron chi connectivity index (χ0n) is 16.7. The van der Waals surface area contributed by atoms with E-state index in [1.54, 1.807) is 41.0 Å². The number of nitrogens with zero attached hydrogens (tertiary/aromatic N) is 2. The molecule has 0 unspecified atom stereocenters. The summed E-state index contributed by atoms with van der Waals surface area (Å²) in [5.41, 5.74) is 0.831. The van der Waals surface area contributed by atoms with E-state index >= 15 is 0 Å². The van der Waals surface area contributed by atoms with Crippen LogP contribution >= 0.6 is 0 Å². The van der Waals surface area contributed by atoms with Gasteiger partial charge in [-0.2, -0.15) is 0 Å². The molecule has 2 aromatic rings. The second kappa shape index (κ2) is 9.87. The number of ether oxygens (including phenoxy) is 2. The number of hydrogen-bond acceptors (Lipinski definition) is 5. The third-order valence-electron chi connectivity index (χ3n) is 4.74. The van der Waals surface area contributed by atoms with E-state index in [9.17, 15) is 18.8 Å². The molecule has 0 aliphatic carbocycles. The molecule has 8 heteroatoms. The molecule has 0 bridgehead atoms. The van der Waals surface area contributed by atoms with E-state index in [2.05, 4.69) is 0 Å². The Hall–Kier alpha value is -3.42. The summed E-state index contributed by atoms with van der Waals surface area (Å²) in [6, 6.07) is 11.8. The van der Waals surface area contributed by atoms with Gasteiger partial charge in [-0.25, -0.2) is 9.18 Å². The van der Waals surface area contributed by atoms with Gasteiger partial charge in [-0.1, -0.05) is 0 Å². The monoisotopic (exact) mass is 414 g/mol.